The van der Waals surface area contributed by atoms with E-state index in [0.29, 0.717) is 29.7 Å². The summed E-state index contributed by atoms with van der Waals surface area (Å²) in [5.74, 6) is 1.60. The van der Waals surface area contributed by atoms with Gasteiger partial charge < -0.3 is 14.5 Å². The summed E-state index contributed by atoms with van der Waals surface area (Å²) in [6, 6.07) is 7.52. The van der Waals surface area contributed by atoms with Gasteiger partial charge in [-0.1, -0.05) is 26.0 Å². The predicted octanol–water partition coefficient (Wildman–Crippen LogP) is 3.97. The fourth-order valence-electron chi connectivity index (χ4n) is 3.94. The molecule has 5 nitrogen and oxygen atoms in total. The Labute approximate surface area is 169 Å². The van der Waals surface area contributed by atoms with Crippen molar-refractivity contribution in [2.75, 3.05) is 26.7 Å². The third-order valence-electron chi connectivity index (χ3n) is 5.68. The van der Waals surface area contributed by atoms with E-state index in [9.17, 15) is 9.59 Å². The molecule has 5 heteroatoms. The van der Waals surface area contributed by atoms with E-state index < -0.39 is 0 Å². The molecule has 2 amide bonds. The van der Waals surface area contributed by atoms with Crippen LogP contribution in [0.15, 0.2) is 24.3 Å². The van der Waals surface area contributed by atoms with Gasteiger partial charge in [-0.25, -0.2) is 0 Å². The molecule has 1 aliphatic carbocycles. The number of ether oxygens (including phenoxy) is 1. The fourth-order valence-corrected chi connectivity index (χ4v) is 3.94. The summed E-state index contributed by atoms with van der Waals surface area (Å²) in [7, 11) is 1.85. The third kappa shape index (κ3) is 5.27. The van der Waals surface area contributed by atoms with Crippen LogP contribution in [-0.2, 0) is 4.79 Å². The van der Waals surface area contributed by atoms with E-state index in [0.717, 1.165) is 51.6 Å². The molecule has 0 bridgehead atoms. The van der Waals surface area contributed by atoms with E-state index in [1.54, 1.807) is 4.90 Å². The summed E-state index contributed by atoms with van der Waals surface area (Å²) in [5, 5.41) is 0. The molecule has 1 atom stereocenters. The average Bonchev–Trinajstić information content (AvgIpc) is 3.51. The Hall–Kier alpha value is -2.04. The minimum Gasteiger partial charge on any atom is -0.491 e. The summed E-state index contributed by atoms with van der Waals surface area (Å²) in [5.41, 5.74) is 0.604. The lowest BCUT2D eigenvalue weighted by molar-refractivity contribution is -0.136. The molecule has 28 heavy (non-hydrogen) atoms. The number of carbonyl (C=O) groups is 2. The van der Waals surface area contributed by atoms with Crippen LogP contribution < -0.4 is 4.74 Å². The molecule has 0 spiro atoms. The molecule has 0 N–H and O–H groups in total. The van der Waals surface area contributed by atoms with Crippen molar-refractivity contribution in [2.24, 2.45) is 11.8 Å². The van der Waals surface area contributed by atoms with Crippen LogP contribution in [0.1, 0.15) is 62.7 Å². The Kier molecular flexibility index (Phi) is 6.97. The van der Waals surface area contributed by atoms with Crippen LogP contribution in [0, 0.1) is 11.8 Å². The Morgan fingerprint density at radius 1 is 1.14 bits per heavy atom. The zero-order valence-electron chi connectivity index (χ0n) is 17.5. The molecule has 0 unspecified atom stereocenters. The number of hydrogen-bond acceptors (Lipinski definition) is 3. The smallest absolute Gasteiger partial charge is 0.257 e. The van der Waals surface area contributed by atoms with Crippen molar-refractivity contribution in [1.29, 1.82) is 0 Å². The van der Waals surface area contributed by atoms with E-state index in [2.05, 4.69) is 18.7 Å². The van der Waals surface area contributed by atoms with Gasteiger partial charge in [0, 0.05) is 26.1 Å². The molecule has 1 aliphatic heterocycles. The second-order valence-corrected chi connectivity index (χ2v) is 8.68. The maximum atomic E-state index is 13.0. The van der Waals surface area contributed by atoms with E-state index in [4.69, 9.17) is 4.74 Å². The minimum absolute atomic E-state index is 0.00108. The Balaban J connectivity index is 1.86. The van der Waals surface area contributed by atoms with E-state index in [1.165, 1.54) is 0 Å². The second kappa shape index (κ2) is 9.44. The molecule has 0 radical (unpaired) electrons. The molecule has 1 heterocycles. The first-order valence-corrected chi connectivity index (χ1v) is 10.7. The van der Waals surface area contributed by atoms with Crippen LogP contribution in [0.25, 0.3) is 0 Å². The van der Waals surface area contributed by atoms with E-state index in [-0.39, 0.29) is 17.9 Å². The number of para-hydroxylation sites is 1. The van der Waals surface area contributed by atoms with Gasteiger partial charge in [-0.15, -0.1) is 0 Å². The van der Waals surface area contributed by atoms with Crippen molar-refractivity contribution >= 4 is 11.8 Å². The average molecular weight is 387 g/mol. The standard InChI is InChI=1S/C23H34N2O3/c1-17(2)15-19-16-28-21-10-6-5-9-20(21)23(27)24(3)13-7-4-8-14-25(19)22(26)18-11-12-18/h5-6,9-10,17-19H,4,7-8,11-16H2,1-3H3/t19-/m0/s1. The first-order valence-electron chi connectivity index (χ1n) is 10.7. The zero-order chi connectivity index (χ0) is 20.1. The van der Waals surface area contributed by atoms with Crippen molar-refractivity contribution in [3.63, 3.8) is 0 Å². The third-order valence-corrected chi connectivity index (χ3v) is 5.68. The topological polar surface area (TPSA) is 49.9 Å². The zero-order valence-corrected chi connectivity index (χ0v) is 17.5. The maximum absolute atomic E-state index is 13.0. The van der Waals surface area contributed by atoms with Crippen molar-refractivity contribution < 1.29 is 14.3 Å². The molecule has 0 aromatic heterocycles. The van der Waals surface area contributed by atoms with E-state index in [1.807, 2.05) is 31.3 Å². The van der Waals surface area contributed by atoms with Gasteiger partial charge >= 0.3 is 0 Å². The van der Waals surface area contributed by atoms with Gasteiger partial charge in [0.2, 0.25) is 5.91 Å². The Bertz CT molecular complexity index is 684. The first kappa shape index (κ1) is 20.7. The molecule has 2 aliphatic rings. The van der Waals surface area contributed by atoms with Crippen LogP contribution in [0.5, 0.6) is 5.75 Å². The number of benzene rings is 1. The lowest BCUT2D eigenvalue weighted by Crippen LogP contribution is -2.45. The SMILES string of the molecule is CC(C)C[C@H]1COc2ccccc2C(=O)N(C)CCCCCN1C(=O)C1CC1. The van der Waals surface area contributed by atoms with Gasteiger partial charge in [-0.2, -0.15) is 0 Å². The summed E-state index contributed by atoms with van der Waals surface area (Å²) in [6.45, 7) is 6.32. The summed E-state index contributed by atoms with van der Waals surface area (Å²) in [4.78, 5) is 29.7. The van der Waals surface area contributed by atoms with Gasteiger partial charge in [-0.3, -0.25) is 9.59 Å². The summed E-state index contributed by atoms with van der Waals surface area (Å²) >= 11 is 0. The van der Waals surface area contributed by atoms with Gasteiger partial charge in [-0.05, 0) is 56.6 Å². The monoisotopic (exact) mass is 386 g/mol. The van der Waals surface area contributed by atoms with Gasteiger partial charge in [0.05, 0.1) is 11.6 Å². The molecule has 1 saturated carbocycles. The normalized spacial score (nSPS) is 22.0. The van der Waals surface area contributed by atoms with Crippen LogP contribution in [0.3, 0.4) is 0 Å². The van der Waals surface area contributed by atoms with Crippen molar-refractivity contribution in [3.05, 3.63) is 29.8 Å². The molecular weight excluding hydrogens is 352 g/mol. The molecular formula is C23H34N2O3. The largest absolute Gasteiger partial charge is 0.491 e. The quantitative estimate of drug-likeness (QED) is 0.790. The molecule has 1 fully saturated rings. The van der Waals surface area contributed by atoms with Crippen LogP contribution in [-0.4, -0.2) is 54.4 Å². The highest BCUT2D eigenvalue weighted by Crippen LogP contribution is 2.33. The molecule has 1 aromatic rings. The lowest BCUT2D eigenvalue weighted by atomic mass is 10.0. The molecule has 0 saturated heterocycles. The van der Waals surface area contributed by atoms with E-state index >= 15 is 0 Å². The van der Waals surface area contributed by atoms with Gasteiger partial charge in [0.1, 0.15) is 12.4 Å². The number of rotatable bonds is 3. The molecule has 3 rings (SSSR count). The van der Waals surface area contributed by atoms with Crippen molar-refractivity contribution in [2.45, 2.75) is 58.4 Å². The lowest BCUT2D eigenvalue weighted by Gasteiger charge is -2.33. The Morgan fingerprint density at radius 3 is 2.57 bits per heavy atom. The fraction of sp³-hybridized carbons (Fsp3) is 0.652. The van der Waals surface area contributed by atoms with Gasteiger partial charge in [0.25, 0.3) is 5.91 Å². The first-order chi connectivity index (χ1) is 13.5. The van der Waals surface area contributed by atoms with Crippen molar-refractivity contribution in [3.8, 4) is 5.75 Å². The highest BCUT2D eigenvalue weighted by Gasteiger charge is 2.36. The molecule has 1 aromatic carbocycles. The van der Waals surface area contributed by atoms with Crippen molar-refractivity contribution in [1.82, 2.24) is 9.80 Å². The summed E-state index contributed by atoms with van der Waals surface area (Å²) in [6.07, 6.45) is 5.89. The summed E-state index contributed by atoms with van der Waals surface area (Å²) < 4.78 is 6.17. The van der Waals surface area contributed by atoms with Gasteiger partial charge in [0.15, 0.2) is 0 Å². The molecule has 154 valence electrons. The predicted molar refractivity (Wildman–Crippen MR) is 110 cm³/mol. The number of hydrogen-bond donors (Lipinski definition) is 0. The second-order valence-electron chi connectivity index (χ2n) is 8.68. The van der Waals surface area contributed by atoms with Crippen LogP contribution in [0.4, 0.5) is 0 Å². The van der Waals surface area contributed by atoms with Crippen LogP contribution >= 0.6 is 0 Å². The van der Waals surface area contributed by atoms with Crippen LogP contribution in [0.2, 0.25) is 0 Å². The minimum atomic E-state index is 0.00108. The highest BCUT2D eigenvalue weighted by molar-refractivity contribution is 5.96. The number of carbonyl (C=O) groups excluding carboxylic acids is 2. The Morgan fingerprint density at radius 2 is 1.86 bits per heavy atom. The number of nitrogens with zero attached hydrogens (tertiary/aromatic N) is 2. The maximum Gasteiger partial charge on any atom is 0.257 e. The highest BCUT2D eigenvalue weighted by atomic mass is 16.5. The number of amides is 2. The number of fused-ring (bicyclic) bond motifs is 1.